The van der Waals surface area contributed by atoms with E-state index in [2.05, 4.69) is 6.92 Å². The van der Waals surface area contributed by atoms with Gasteiger partial charge in [0.2, 0.25) is 0 Å². The minimum absolute atomic E-state index is 0.0701. The minimum atomic E-state index is -0.515. The van der Waals surface area contributed by atoms with Crippen molar-refractivity contribution >= 4 is 12.1 Å². The number of carbonyl (C=O) groups excluding carboxylic acids is 2. The van der Waals surface area contributed by atoms with Crippen LogP contribution in [0.1, 0.15) is 65.2 Å². The van der Waals surface area contributed by atoms with Gasteiger partial charge >= 0.3 is 12.1 Å². The van der Waals surface area contributed by atoms with E-state index in [9.17, 15) is 9.59 Å². The lowest BCUT2D eigenvalue weighted by Gasteiger charge is -2.19. The van der Waals surface area contributed by atoms with Crippen molar-refractivity contribution < 1.29 is 23.8 Å². The highest BCUT2D eigenvalue weighted by Gasteiger charge is 2.17. The average molecular weight is 345 g/mol. The summed E-state index contributed by atoms with van der Waals surface area (Å²) in [5, 5.41) is 0. The van der Waals surface area contributed by atoms with Crippen LogP contribution in [0.3, 0.4) is 0 Å². The van der Waals surface area contributed by atoms with Crippen LogP contribution in [0.15, 0.2) is 0 Å². The van der Waals surface area contributed by atoms with Crippen LogP contribution in [0, 0.1) is 0 Å². The zero-order valence-electron chi connectivity index (χ0n) is 15.7. The van der Waals surface area contributed by atoms with E-state index in [0.29, 0.717) is 19.8 Å². The minimum Gasteiger partial charge on any atom is -0.464 e. The van der Waals surface area contributed by atoms with Crippen molar-refractivity contribution in [2.24, 2.45) is 0 Å². The van der Waals surface area contributed by atoms with E-state index in [1.54, 1.807) is 6.92 Å². The van der Waals surface area contributed by atoms with E-state index in [-0.39, 0.29) is 19.1 Å². The summed E-state index contributed by atoms with van der Waals surface area (Å²) in [5.41, 5.74) is 0. The highest BCUT2D eigenvalue weighted by molar-refractivity contribution is 5.78. The maximum absolute atomic E-state index is 11.8. The van der Waals surface area contributed by atoms with Gasteiger partial charge in [-0.1, -0.05) is 51.9 Å². The maximum Gasteiger partial charge on any atom is 0.410 e. The molecule has 0 aromatic carbocycles. The largest absolute Gasteiger partial charge is 0.464 e. The highest BCUT2D eigenvalue weighted by atomic mass is 16.6. The van der Waals surface area contributed by atoms with E-state index in [4.69, 9.17) is 14.2 Å². The van der Waals surface area contributed by atoms with Gasteiger partial charge in [-0.15, -0.1) is 0 Å². The highest BCUT2D eigenvalue weighted by Crippen LogP contribution is 2.08. The van der Waals surface area contributed by atoms with Crippen LogP contribution in [0.5, 0.6) is 0 Å². The molecule has 1 amide bonds. The van der Waals surface area contributed by atoms with Gasteiger partial charge in [0.1, 0.15) is 13.2 Å². The molecule has 142 valence electrons. The van der Waals surface area contributed by atoms with Crippen molar-refractivity contribution in [3.8, 4) is 0 Å². The summed E-state index contributed by atoms with van der Waals surface area (Å²) in [4.78, 5) is 24.8. The number of hydrogen-bond acceptors (Lipinski definition) is 5. The molecule has 0 radical (unpaired) electrons. The van der Waals surface area contributed by atoms with Crippen molar-refractivity contribution in [1.29, 1.82) is 0 Å². The molecule has 0 aromatic heterocycles. The van der Waals surface area contributed by atoms with Crippen LogP contribution in [-0.4, -0.2) is 57.0 Å². The van der Waals surface area contributed by atoms with E-state index < -0.39 is 6.09 Å². The van der Waals surface area contributed by atoms with Gasteiger partial charge < -0.3 is 14.2 Å². The molecule has 0 spiro atoms. The Morgan fingerprint density at radius 2 is 1.42 bits per heavy atom. The van der Waals surface area contributed by atoms with Gasteiger partial charge in [-0.25, -0.2) is 4.79 Å². The Kier molecular flexibility index (Phi) is 15.7. The van der Waals surface area contributed by atoms with Gasteiger partial charge in [-0.3, -0.25) is 9.69 Å². The normalized spacial score (nSPS) is 10.5. The maximum atomic E-state index is 11.8. The zero-order valence-corrected chi connectivity index (χ0v) is 15.7. The van der Waals surface area contributed by atoms with Crippen LogP contribution in [0.2, 0.25) is 0 Å². The molecule has 24 heavy (non-hydrogen) atoms. The molecule has 0 aliphatic heterocycles. The fraction of sp³-hybridized carbons (Fsp3) is 0.889. The third kappa shape index (κ3) is 13.2. The number of nitrogens with zero attached hydrogens (tertiary/aromatic N) is 1. The van der Waals surface area contributed by atoms with Gasteiger partial charge in [0.25, 0.3) is 0 Å². The first-order valence-corrected chi connectivity index (χ1v) is 9.21. The first kappa shape index (κ1) is 22.7. The number of rotatable bonds is 15. The average Bonchev–Trinajstić information content (AvgIpc) is 2.58. The number of carbonyl (C=O) groups is 2. The molecule has 0 saturated carbocycles. The van der Waals surface area contributed by atoms with Crippen LogP contribution in [-0.2, 0) is 19.0 Å². The summed E-state index contributed by atoms with van der Waals surface area (Å²) in [6.45, 7) is 5.28. The quantitative estimate of drug-likeness (QED) is 0.334. The molecule has 0 bridgehead atoms. The fourth-order valence-electron chi connectivity index (χ4n) is 2.23. The van der Waals surface area contributed by atoms with Gasteiger partial charge in [0.15, 0.2) is 0 Å². The predicted molar refractivity (Wildman–Crippen MR) is 94.0 cm³/mol. The van der Waals surface area contributed by atoms with Crippen LogP contribution >= 0.6 is 0 Å². The summed E-state index contributed by atoms with van der Waals surface area (Å²) in [7, 11) is 1.54. The van der Waals surface area contributed by atoms with E-state index in [0.717, 1.165) is 12.8 Å². The molecule has 0 fully saturated rings. The molecule has 0 heterocycles. The summed E-state index contributed by atoms with van der Waals surface area (Å²) < 4.78 is 15.0. The fourth-order valence-corrected chi connectivity index (χ4v) is 2.23. The number of hydrogen-bond donors (Lipinski definition) is 0. The molecule has 6 heteroatoms. The zero-order chi connectivity index (χ0) is 18.0. The monoisotopic (exact) mass is 345 g/mol. The SMILES string of the molecule is CCCCCCCCCCOC(=O)CN(CC)C(=O)OCCOC. The van der Waals surface area contributed by atoms with Gasteiger partial charge in [0, 0.05) is 13.7 Å². The molecule has 0 N–H and O–H groups in total. The standard InChI is InChI=1S/C18H35NO5/c1-4-6-7-8-9-10-11-12-13-23-17(20)16-19(5-2)18(21)24-15-14-22-3/h4-16H2,1-3H3. The second-order valence-corrected chi connectivity index (χ2v) is 5.82. The number of esters is 1. The summed E-state index contributed by atoms with van der Waals surface area (Å²) in [6.07, 6.45) is 9.09. The van der Waals surface area contributed by atoms with Gasteiger partial charge in [-0.2, -0.15) is 0 Å². The summed E-state index contributed by atoms with van der Waals surface area (Å²) in [6, 6.07) is 0. The van der Waals surface area contributed by atoms with Crippen LogP contribution in [0.25, 0.3) is 0 Å². The number of methoxy groups -OCH3 is 1. The van der Waals surface area contributed by atoms with Crippen molar-refractivity contribution in [3.63, 3.8) is 0 Å². The summed E-state index contributed by atoms with van der Waals surface area (Å²) >= 11 is 0. The lowest BCUT2D eigenvalue weighted by Crippen LogP contribution is -2.37. The molecule has 0 atom stereocenters. The smallest absolute Gasteiger partial charge is 0.410 e. The molecule has 0 saturated heterocycles. The third-order valence-corrected chi connectivity index (χ3v) is 3.73. The second kappa shape index (κ2) is 16.6. The van der Waals surface area contributed by atoms with Gasteiger partial charge in [-0.05, 0) is 13.3 Å². The predicted octanol–water partition coefficient (Wildman–Crippen LogP) is 3.78. The van der Waals surface area contributed by atoms with Crippen LogP contribution in [0.4, 0.5) is 4.79 Å². The van der Waals surface area contributed by atoms with Crippen molar-refractivity contribution in [3.05, 3.63) is 0 Å². The molecule has 0 aliphatic rings. The van der Waals surface area contributed by atoms with E-state index in [1.165, 1.54) is 50.5 Å². The lowest BCUT2D eigenvalue weighted by atomic mass is 10.1. The van der Waals surface area contributed by atoms with Crippen molar-refractivity contribution in [2.45, 2.75) is 65.2 Å². The number of unbranched alkanes of at least 4 members (excludes halogenated alkanes) is 7. The number of likely N-dealkylation sites (N-methyl/N-ethyl adjacent to an activating group) is 1. The Hall–Kier alpha value is -1.30. The van der Waals surface area contributed by atoms with Gasteiger partial charge in [0.05, 0.1) is 13.2 Å². The Labute approximate surface area is 146 Å². The third-order valence-electron chi connectivity index (χ3n) is 3.73. The van der Waals surface area contributed by atoms with Crippen molar-refractivity contribution in [1.82, 2.24) is 4.90 Å². The van der Waals surface area contributed by atoms with Crippen molar-refractivity contribution in [2.75, 3.05) is 40.0 Å². The topological polar surface area (TPSA) is 65.1 Å². The first-order valence-electron chi connectivity index (χ1n) is 9.21. The molecule has 6 nitrogen and oxygen atoms in total. The Bertz CT molecular complexity index is 323. The molecular formula is C18H35NO5. The second-order valence-electron chi connectivity index (χ2n) is 5.82. The molecule has 0 rings (SSSR count). The Balaban J connectivity index is 3.66. The number of amides is 1. The molecule has 0 aromatic rings. The molecule has 0 aliphatic carbocycles. The molecular weight excluding hydrogens is 310 g/mol. The summed E-state index contributed by atoms with van der Waals surface area (Å²) in [5.74, 6) is -0.386. The lowest BCUT2D eigenvalue weighted by molar-refractivity contribution is -0.144. The van der Waals surface area contributed by atoms with E-state index in [1.807, 2.05) is 0 Å². The van der Waals surface area contributed by atoms with E-state index >= 15 is 0 Å². The Morgan fingerprint density at radius 3 is 2.00 bits per heavy atom. The first-order chi connectivity index (χ1) is 11.7. The number of ether oxygens (including phenoxy) is 3. The molecule has 0 unspecified atom stereocenters. The van der Waals surface area contributed by atoms with Crippen LogP contribution < -0.4 is 0 Å². The Morgan fingerprint density at radius 1 is 0.792 bits per heavy atom.